The van der Waals surface area contributed by atoms with Crippen LogP contribution in [-0.2, 0) is 9.53 Å². The van der Waals surface area contributed by atoms with Crippen LogP contribution in [-0.4, -0.2) is 18.6 Å². The predicted molar refractivity (Wildman–Crippen MR) is 104 cm³/mol. The highest BCUT2D eigenvalue weighted by molar-refractivity contribution is 5.75. The van der Waals surface area contributed by atoms with Crippen LogP contribution < -0.4 is 5.73 Å². The third kappa shape index (κ3) is 16.3. The van der Waals surface area contributed by atoms with E-state index in [-0.39, 0.29) is 5.97 Å². The lowest BCUT2D eigenvalue weighted by Crippen LogP contribution is -2.32. The molecule has 3 nitrogen and oxygen atoms in total. The van der Waals surface area contributed by atoms with Gasteiger partial charge in [0.15, 0.2) is 0 Å². The summed E-state index contributed by atoms with van der Waals surface area (Å²) < 4.78 is 5.26. The van der Waals surface area contributed by atoms with Crippen molar-refractivity contribution in [3.05, 3.63) is 0 Å². The number of nitrogens with two attached hydrogens (primary N) is 1. The Labute approximate surface area is 151 Å². The Hall–Kier alpha value is -0.570. The van der Waals surface area contributed by atoms with Crippen molar-refractivity contribution in [3.63, 3.8) is 0 Å². The van der Waals surface area contributed by atoms with Gasteiger partial charge in [0.25, 0.3) is 0 Å². The molecule has 0 aliphatic heterocycles. The molecule has 0 bridgehead atoms. The molecule has 0 aromatic rings. The quantitative estimate of drug-likeness (QED) is 0.241. The van der Waals surface area contributed by atoms with Crippen molar-refractivity contribution in [1.29, 1.82) is 0 Å². The van der Waals surface area contributed by atoms with Gasteiger partial charge in [0.2, 0.25) is 0 Å². The lowest BCUT2D eigenvalue weighted by molar-refractivity contribution is -0.145. The third-order valence-electron chi connectivity index (χ3n) is 4.66. The molecule has 0 saturated heterocycles. The van der Waals surface area contributed by atoms with Gasteiger partial charge in [-0.05, 0) is 12.8 Å². The Bertz CT molecular complexity index is 269. The average Bonchev–Trinajstić information content (AvgIpc) is 2.58. The van der Waals surface area contributed by atoms with Gasteiger partial charge < -0.3 is 10.5 Å². The fourth-order valence-corrected chi connectivity index (χ4v) is 2.95. The second kappa shape index (κ2) is 18.8. The summed E-state index contributed by atoms with van der Waals surface area (Å²) in [4.78, 5) is 11.7. The minimum atomic E-state index is -0.422. The second-order valence-corrected chi connectivity index (χ2v) is 7.16. The van der Waals surface area contributed by atoms with Crippen LogP contribution in [0.15, 0.2) is 0 Å². The summed E-state index contributed by atoms with van der Waals surface area (Å²) in [6.07, 6.45) is 19.9. The highest BCUT2D eigenvalue weighted by Crippen LogP contribution is 2.12. The second-order valence-electron chi connectivity index (χ2n) is 7.16. The maximum atomic E-state index is 11.7. The summed E-state index contributed by atoms with van der Waals surface area (Å²) >= 11 is 0. The van der Waals surface area contributed by atoms with E-state index in [0.29, 0.717) is 6.61 Å². The van der Waals surface area contributed by atoms with Crippen LogP contribution in [0.25, 0.3) is 0 Å². The van der Waals surface area contributed by atoms with Crippen molar-refractivity contribution in [1.82, 2.24) is 0 Å². The number of hydrogen-bond acceptors (Lipinski definition) is 3. The molecule has 0 aliphatic carbocycles. The maximum absolute atomic E-state index is 11.7. The van der Waals surface area contributed by atoms with E-state index >= 15 is 0 Å². The van der Waals surface area contributed by atoms with E-state index in [1.807, 2.05) is 0 Å². The molecule has 3 heteroatoms. The van der Waals surface area contributed by atoms with Crippen molar-refractivity contribution in [2.45, 2.75) is 123 Å². The SMILES string of the molecule is CCCCCCCCCCCCCCOC(=O)C(N)CCCCC. The summed E-state index contributed by atoms with van der Waals surface area (Å²) in [5, 5.41) is 0. The molecule has 2 N–H and O–H groups in total. The van der Waals surface area contributed by atoms with Crippen LogP contribution >= 0.6 is 0 Å². The largest absolute Gasteiger partial charge is 0.465 e. The van der Waals surface area contributed by atoms with Crippen LogP contribution in [0.1, 0.15) is 117 Å². The molecule has 0 aliphatic rings. The monoisotopic (exact) mass is 341 g/mol. The summed E-state index contributed by atoms with van der Waals surface area (Å²) in [5.41, 5.74) is 5.83. The maximum Gasteiger partial charge on any atom is 0.322 e. The Balaban J connectivity index is 3.23. The molecule has 0 spiro atoms. The van der Waals surface area contributed by atoms with Gasteiger partial charge in [-0.15, -0.1) is 0 Å². The van der Waals surface area contributed by atoms with Crippen LogP contribution in [0.2, 0.25) is 0 Å². The van der Waals surface area contributed by atoms with Crippen LogP contribution in [0.3, 0.4) is 0 Å². The number of esters is 1. The number of carbonyl (C=O) groups excluding carboxylic acids is 1. The Morgan fingerprint density at radius 2 is 1.12 bits per heavy atom. The lowest BCUT2D eigenvalue weighted by atomic mass is 10.1. The molecule has 0 fully saturated rings. The first-order valence-electron chi connectivity index (χ1n) is 10.6. The highest BCUT2D eigenvalue weighted by atomic mass is 16.5. The summed E-state index contributed by atoms with van der Waals surface area (Å²) in [7, 11) is 0. The van der Waals surface area contributed by atoms with E-state index < -0.39 is 6.04 Å². The van der Waals surface area contributed by atoms with Gasteiger partial charge in [0.05, 0.1) is 6.61 Å². The molecular formula is C21H43NO2. The lowest BCUT2D eigenvalue weighted by Gasteiger charge is -2.11. The zero-order chi connectivity index (χ0) is 17.9. The fourth-order valence-electron chi connectivity index (χ4n) is 2.95. The van der Waals surface area contributed by atoms with E-state index in [2.05, 4.69) is 13.8 Å². The van der Waals surface area contributed by atoms with Crippen molar-refractivity contribution < 1.29 is 9.53 Å². The number of unbranched alkanes of at least 4 members (excludes halogenated alkanes) is 13. The zero-order valence-electron chi connectivity index (χ0n) is 16.5. The van der Waals surface area contributed by atoms with E-state index in [1.165, 1.54) is 64.2 Å². The molecular weight excluding hydrogens is 298 g/mol. The first kappa shape index (κ1) is 23.4. The van der Waals surface area contributed by atoms with Gasteiger partial charge in [-0.2, -0.15) is 0 Å². The minimum absolute atomic E-state index is 0.214. The minimum Gasteiger partial charge on any atom is -0.465 e. The smallest absolute Gasteiger partial charge is 0.322 e. The molecule has 0 heterocycles. The van der Waals surface area contributed by atoms with Crippen LogP contribution in [0.4, 0.5) is 0 Å². The highest BCUT2D eigenvalue weighted by Gasteiger charge is 2.13. The van der Waals surface area contributed by atoms with Gasteiger partial charge >= 0.3 is 5.97 Å². The summed E-state index contributed by atoms with van der Waals surface area (Å²) in [6.45, 7) is 4.96. The van der Waals surface area contributed by atoms with Crippen molar-refractivity contribution in [3.8, 4) is 0 Å². The molecule has 0 aromatic heterocycles. The third-order valence-corrected chi connectivity index (χ3v) is 4.66. The van der Waals surface area contributed by atoms with E-state index in [0.717, 1.165) is 38.5 Å². The topological polar surface area (TPSA) is 52.3 Å². The molecule has 1 atom stereocenters. The summed E-state index contributed by atoms with van der Waals surface area (Å²) in [5.74, 6) is -0.214. The normalized spacial score (nSPS) is 12.3. The number of hydrogen-bond donors (Lipinski definition) is 1. The number of carbonyl (C=O) groups is 1. The zero-order valence-corrected chi connectivity index (χ0v) is 16.5. The number of ether oxygens (including phenoxy) is 1. The standard InChI is InChI=1S/C21H43NO2/c1-3-5-7-8-9-10-11-12-13-14-15-17-19-24-21(23)20(22)18-16-6-4-2/h20H,3-19,22H2,1-2H3. The molecule has 0 saturated carbocycles. The van der Waals surface area contributed by atoms with Gasteiger partial charge in [0, 0.05) is 0 Å². The van der Waals surface area contributed by atoms with E-state index in [1.54, 1.807) is 0 Å². The molecule has 144 valence electrons. The molecule has 24 heavy (non-hydrogen) atoms. The fraction of sp³-hybridized carbons (Fsp3) is 0.952. The molecule has 0 rings (SSSR count). The van der Waals surface area contributed by atoms with Gasteiger partial charge in [0.1, 0.15) is 6.04 Å². The van der Waals surface area contributed by atoms with E-state index in [9.17, 15) is 4.79 Å². The Kier molecular flexibility index (Phi) is 18.3. The predicted octanol–water partition coefficient (Wildman–Crippen LogP) is 6.14. The van der Waals surface area contributed by atoms with Crippen LogP contribution in [0.5, 0.6) is 0 Å². The first-order chi connectivity index (χ1) is 11.7. The van der Waals surface area contributed by atoms with Crippen molar-refractivity contribution in [2.24, 2.45) is 5.73 Å². The molecule has 0 radical (unpaired) electrons. The van der Waals surface area contributed by atoms with Crippen molar-refractivity contribution >= 4 is 5.97 Å². The van der Waals surface area contributed by atoms with E-state index in [4.69, 9.17) is 10.5 Å². The molecule has 0 amide bonds. The molecule has 0 aromatic carbocycles. The Morgan fingerprint density at radius 3 is 1.62 bits per heavy atom. The Morgan fingerprint density at radius 1 is 0.708 bits per heavy atom. The summed E-state index contributed by atoms with van der Waals surface area (Å²) in [6, 6.07) is -0.422. The molecule has 1 unspecified atom stereocenters. The average molecular weight is 342 g/mol. The van der Waals surface area contributed by atoms with Gasteiger partial charge in [-0.1, -0.05) is 104 Å². The van der Waals surface area contributed by atoms with Gasteiger partial charge in [-0.25, -0.2) is 0 Å². The van der Waals surface area contributed by atoms with Gasteiger partial charge in [-0.3, -0.25) is 4.79 Å². The first-order valence-corrected chi connectivity index (χ1v) is 10.6. The van der Waals surface area contributed by atoms with Crippen LogP contribution in [0, 0.1) is 0 Å². The van der Waals surface area contributed by atoms with Crippen molar-refractivity contribution in [2.75, 3.05) is 6.61 Å². The number of rotatable bonds is 18.